The van der Waals surface area contributed by atoms with Gasteiger partial charge in [0.1, 0.15) is 11.6 Å². The number of hydrogen-bond acceptors (Lipinski definition) is 4. The highest BCUT2D eigenvalue weighted by molar-refractivity contribution is 7.92. The van der Waals surface area contributed by atoms with Crippen LogP contribution in [-0.4, -0.2) is 18.4 Å². The van der Waals surface area contributed by atoms with E-state index < -0.39 is 10.0 Å². The summed E-state index contributed by atoms with van der Waals surface area (Å²) in [7, 11) is -3.77. The van der Waals surface area contributed by atoms with E-state index in [1.165, 1.54) is 19.3 Å². The first-order chi connectivity index (χ1) is 15.6. The fourth-order valence-electron chi connectivity index (χ4n) is 4.21. The Kier molecular flexibility index (Phi) is 5.57. The molecule has 5 rings (SSSR count). The molecule has 0 saturated heterocycles. The average Bonchev–Trinajstić information content (AvgIpc) is 3.24. The smallest absolute Gasteiger partial charge is 0.262 e. The number of nitrogens with zero attached hydrogens (tertiary/aromatic N) is 1. The van der Waals surface area contributed by atoms with Crippen molar-refractivity contribution in [2.45, 2.75) is 42.9 Å². The number of sulfonamides is 1. The number of anilines is 1. The van der Waals surface area contributed by atoms with Crippen molar-refractivity contribution >= 4 is 26.7 Å². The van der Waals surface area contributed by atoms with Crippen LogP contribution in [0, 0.1) is 0 Å². The Morgan fingerprint density at radius 3 is 2.31 bits per heavy atom. The molecule has 0 atom stereocenters. The maximum atomic E-state index is 13.0. The van der Waals surface area contributed by atoms with Gasteiger partial charge >= 0.3 is 0 Å². The molecule has 4 aromatic rings. The van der Waals surface area contributed by atoms with Crippen LogP contribution in [0.2, 0.25) is 0 Å². The van der Waals surface area contributed by atoms with Crippen molar-refractivity contribution in [3.05, 3.63) is 78.6 Å². The van der Waals surface area contributed by atoms with E-state index in [2.05, 4.69) is 9.71 Å². The maximum Gasteiger partial charge on any atom is 0.262 e. The van der Waals surface area contributed by atoms with E-state index >= 15 is 0 Å². The number of fused-ring (bicyclic) bond motifs is 1. The van der Waals surface area contributed by atoms with Crippen LogP contribution in [0.3, 0.4) is 0 Å². The third-order valence-corrected chi connectivity index (χ3v) is 7.24. The van der Waals surface area contributed by atoms with Crippen molar-refractivity contribution in [1.82, 2.24) is 9.97 Å². The molecule has 1 aromatic heterocycles. The minimum Gasteiger partial charge on any atom is -0.455 e. The van der Waals surface area contributed by atoms with Crippen LogP contribution in [-0.2, 0) is 10.0 Å². The molecule has 1 heterocycles. The van der Waals surface area contributed by atoms with Crippen LogP contribution in [0.25, 0.3) is 11.0 Å². The highest BCUT2D eigenvalue weighted by Gasteiger charge is 2.22. The average molecular weight is 448 g/mol. The van der Waals surface area contributed by atoms with Gasteiger partial charge in [-0.05, 0) is 43.2 Å². The molecule has 0 bridgehead atoms. The lowest BCUT2D eigenvalue weighted by molar-refractivity contribution is 0.431. The first-order valence-electron chi connectivity index (χ1n) is 10.9. The highest BCUT2D eigenvalue weighted by atomic mass is 32.2. The van der Waals surface area contributed by atoms with Gasteiger partial charge in [0, 0.05) is 12.0 Å². The second-order valence-electron chi connectivity index (χ2n) is 8.16. The number of aromatic amines is 1. The first-order valence-corrected chi connectivity index (χ1v) is 12.4. The number of para-hydroxylation sites is 1. The van der Waals surface area contributed by atoms with E-state index in [0.29, 0.717) is 23.1 Å². The summed E-state index contributed by atoms with van der Waals surface area (Å²) < 4.78 is 34.8. The molecule has 0 radical (unpaired) electrons. The van der Waals surface area contributed by atoms with E-state index in [0.717, 1.165) is 29.7 Å². The summed E-state index contributed by atoms with van der Waals surface area (Å²) in [6.07, 6.45) is 5.96. The number of H-pyrrole nitrogens is 1. The number of hydrogen-bond donors (Lipinski definition) is 2. The SMILES string of the molecule is O=S(=O)(Nc1cc2[nH]c(C3CCCCC3)nc2cc1Oc1ccccc1)c1ccccc1. The molecule has 2 N–H and O–H groups in total. The summed E-state index contributed by atoms with van der Waals surface area (Å²) in [4.78, 5) is 8.44. The van der Waals surface area contributed by atoms with Crippen LogP contribution in [0.5, 0.6) is 11.5 Å². The Morgan fingerprint density at radius 2 is 1.59 bits per heavy atom. The van der Waals surface area contributed by atoms with Crippen LogP contribution in [0.1, 0.15) is 43.8 Å². The van der Waals surface area contributed by atoms with E-state index in [1.807, 2.05) is 30.3 Å². The number of imidazole rings is 1. The number of ether oxygens (including phenoxy) is 1. The Bertz CT molecular complexity index is 1310. The molecule has 1 aliphatic rings. The third-order valence-electron chi connectivity index (χ3n) is 5.86. The van der Waals surface area contributed by atoms with E-state index in [4.69, 9.17) is 9.72 Å². The minimum atomic E-state index is -3.77. The van der Waals surface area contributed by atoms with Crippen molar-refractivity contribution in [3.63, 3.8) is 0 Å². The normalized spacial score (nSPS) is 15.0. The molecule has 1 aliphatic carbocycles. The van der Waals surface area contributed by atoms with Crippen LogP contribution < -0.4 is 9.46 Å². The molecule has 6 nitrogen and oxygen atoms in total. The fourth-order valence-corrected chi connectivity index (χ4v) is 5.29. The summed E-state index contributed by atoms with van der Waals surface area (Å²) in [5, 5.41) is 0. The number of rotatable bonds is 6. The predicted molar refractivity (Wildman–Crippen MR) is 126 cm³/mol. The van der Waals surface area contributed by atoms with Crippen molar-refractivity contribution < 1.29 is 13.2 Å². The van der Waals surface area contributed by atoms with Gasteiger partial charge in [0.2, 0.25) is 0 Å². The largest absolute Gasteiger partial charge is 0.455 e. The molecule has 1 fully saturated rings. The van der Waals surface area contributed by atoms with Gasteiger partial charge in [-0.1, -0.05) is 55.7 Å². The minimum absolute atomic E-state index is 0.193. The molecule has 32 heavy (non-hydrogen) atoms. The second kappa shape index (κ2) is 8.67. The lowest BCUT2D eigenvalue weighted by atomic mass is 9.89. The quantitative estimate of drug-likeness (QED) is 0.368. The van der Waals surface area contributed by atoms with Gasteiger partial charge in [-0.15, -0.1) is 0 Å². The third kappa shape index (κ3) is 4.34. The Labute approximate surface area is 187 Å². The van der Waals surface area contributed by atoms with Gasteiger partial charge in [-0.3, -0.25) is 4.72 Å². The van der Waals surface area contributed by atoms with Crippen LogP contribution >= 0.6 is 0 Å². The number of nitrogens with one attached hydrogen (secondary N) is 2. The predicted octanol–water partition coefficient (Wildman–Crippen LogP) is 6.20. The highest BCUT2D eigenvalue weighted by Crippen LogP contribution is 2.37. The zero-order valence-electron chi connectivity index (χ0n) is 17.6. The summed E-state index contributed by atoms with van der Waals surface area (Å²) >= 11 is 0. The van der Waals surface area contributed by atoms with Gasteiger partial charge in [0.05, 0.1) is 21.6 Å². The summed E-state index contributed by atoms with van der Waals surface area (Å²) in [5.74, 6) is 2.41. The zero-order valence-corrected chi connectivity index (χ0v) is 18.4. The van der Waals surface area contributed by atoms with E-state index in [1.54, 1.807) is 42.5 Å². The van der Waals surface area contributed by atoms with Crippen LogP contribution in [0.15, 0.2) is 77.7 Å². The number of benzene rings is 3. The Balaban J connectivity index is 1.56. The zero-order chi connectivity index (χ0) is 22.0. The Hall–Kier alpha value is -3.32. The molecule has 0 spiro atoms. The molecule has 0 unspecified atom stereocenters. The standard InChI is InChI=1S/C25H25N3O3S/c29-32(30,20-14-8-3-9-15-20)28-23-16-21-22(17-24(23)31-19-12-6-2-7-13-19)27-25(26-21)18-10-4-1-5-11-18/h2-3,6-9,12-18,28H,1,4-5,10-11H2,(H,26,27). The second-order valence-corrected chi connectivity index (χ2v) is 9.84. The molecule has 164 valence electrons. The lowest BCUT2D eigenvalue weighted by Crippen LogP contribution is -2.13. The van der Waals surface area contributed by atoms with Gasteiger partial charge in [0.15, 0.2) is 5.75 Å². The maximum absolute atomic E-state index is 13.0. The molecule has 0 aliphatic heterocycles. The summed E-state index contributed by atoms with van der Waals surface area (Å²) in [6.45, 7) is 0. The van der Waals surface area contributed by atoms with Gasteiger partial charge in [-0.25, -0.2) is 13.4 Å². The van der Waals surface area contributed by atoms with E-state index in [9.17, 15) is 8.42 Å². The van der Waals surface area contributed by atoms with E-state index in [-0.39, 0.29) is 4.90 Å². The topological polar surface area (TPSA) is 84.1 Å². The number of aromatic nitrogens is 2. The fraction of sp³-hybridized carbons (Fsp3) is 0.240. The summed E-state index contributed by atoms with van der Waals surface area (Å²) in [6, 6.07) is 21.2. The van der Waals surface area contributed by atoms with Crippen molar-refractivity contribution in [2.75, 3.05) is 4.72 Å². The summed E-state index contributed by atoms with van der Waals surface area (Å²) in [5.41, 5.74) is 1.92. The van der Waals surface area contributed by atoms with Gasteiger partial charge in [-0.2, -0.15) is 0 Å². The molecule has 3 aromatic carbocycles. The first kappa shape index (κ1) is 20.6. The Morgan fingerprint density at radius 1 is 0.906 bits per heavy atom. The van der Waals surface area contributed by atoms with Crippen LogP contribution in [0.4, 0.5) is 5.69 Å². The molecule has 7 heteroatoms. The van der Waals surface area contributed by atoms with Gasteiger partial charge < -0.3 is 9.72 Å². The van der Waals surface area contributed by atoms with Crippen molar-refractivity contribution in [1.29, 1.82) is 0 Å². The molecule has 1 saturated carbocycles. The monoisotopic (exact) mass is 447 g/mol. The molecule has 0 amide bonds. The van der Waals surface area contributed by atoms with Crippen molar-refractivity contribution in [3.8, 4) is 11.5 Å². The van der Waals surface area contributed by atoms with Gasteiger partial charge in [0.25, 0.3) is 10.0 Å². The molecular formula is C25H25N3O3S. The lowest BCUT2D eigenvalue weighted by Gasteiger charge is -2.18. The van der Waals surface area contributed by atoms with Crippen molar-refractivity contribution in [2.24, 2.45) is 0 Å². The molecular weight excluding hydrogens is 422 g/mol.